The van der Waals surface area contributed by atoms with Gasteiger partial charge in [-0.3, -0.25) is 0 Å². The third-order valence-corrected chi connectivity index (χ3v) is 6.77. The minimum atomic E-state index is -0.580. The standard InChI is InChI=1S/C28H35FN6O6/c1-5-38-26(36)19-14-32-35-16-22-24(33-23(19)35)34(20-8-6-9-21(20)40-22)15-17-12-18(29)13-31-25(17)39-11-7-10-30-27(37)41-28(2,3)4/h12-14,16,20-21H,5-11,15H2,1-4H3,(H,30,37)/t20-,21+/m1/s1. The molecule has 220 valence electrons. The predicted molar refractivity (Wildman–Crippen MR) is 146 cm³/mol. The van der Waals surface area contributed by atoms with Crippen LogP contribution in [-0.2, 0) is 16.0 Å². The Morgan fingerprint density at radius 1 is 1.24 bits per heavy atom. The minimum absolute atomic E-state index is 0.000519. The van der Waals surface area contributed by atoms with Crippen LogP contribution in [0.2, 0.25) is 0 Å². The number of rotatable bonds is 9. The molecule has 5 rings (SSSR count). The number of carbonyl (C=O) groups excluding carboxylic acids is 2. The van der Waals surface area contributed by atoms with Gasteiger partial charge in [0, 0.05) is 12.1 Å². The molecule has 1 aliphatic carbocycles. The highest BCUT2D eigenvalue weighted by Gasteiger charge is 2.41. The van der Waals surface area contributed by atoms with Gasteiger partial charge in [-0.1, -0.05) is 0 Å². The first-order valence-corrected chi connectivity index (χ1v) is 13.9. The van der Waals surface area contributed by atoms with Gasteiger partial charge < -0.3 is 29.2 Å². The Morgan fingerprint density at radius 2 is 2.07 bits per heavy atom. The summed E-state index contributed by atoms with van der Waals surface area (Å²) in [7, 11) is 0. The zero-order valence-electron chi connectivity index (χ0n) is 23.7. The molecule has 2 aliphatic rings. The van der Waals surface area contributed by atoms with Crippen molar-refractivity contribution in [1.29, 1.82) is 0 Å². The first-order chi connectivity index (χ1) is 19.6. The number of hydrogen-bond donors (Lipinski definition) is 1. The summed E-state index contributed by atoms with van der Waals surface area (Å²) < 4.78 is 38.6. The van der Waals surface area contributed by atoms with Gasteiger partial charge >= 0.3 is 12.1 Å². The molecule has 1 amide bonds. The zero-order valence-corrected chi connectivity index (χ0v) is 23.7. The predicted octanol–water partition coefficient (Wildman–Crippen LogP) is 4.05. The number of ether oxygens (including phenoxy) is 4. The summed E-state index contributed by atoms with van der Waals surface area (Å²) in [6, 6.07) is 1.41. The molecule has 1 N–H and O–H groups in total. The molecular formula is C28H35FN6O6. The van der Waals surface area contributed by atoms with E-state index in [-0.39, 0.29) is 37.5 Å². The first-order valence-electron chi connectivity index (χ1n) is 13.9. The van der Waals surface area contributed by atoms with E-state index in [2.05, 4.69) is 20.3 Å². The van der Waals surface area contributed by atoms with Gasteiger partial charge in [0.05, 0.1) is 44.4 Å². The molecule has 0 unspecified atom stereocenters. The second-order valence-corrected chi connectivity index (χ2v) is 11.0. The second-order valence-electron chi connectivity index (χ2n) is 11.0. The molecule has 0 aromatic carbocycles. The lowest BCUT2D eigenvalue weighted by molar-refractivity contribution is 0.0516. The summed E-state index contributed by atoms with van der Waals surface area (Å²) in [6.07, 6.45) is 6.91. The van der Waals surface area contributed by atoms with Gasteiger partial charge in [-0.2, -0.15) is 5.10 Å². The van der Waals surface area contributed by atoms with Gasteiger partial charge in [0.2, 0.25) is 5.88 Å². The van der Waals surface area contributed by atoms with Crippen molar-refractivity contribution < 1.29 is 32.9 Å². The number of aromatic nitrogens is 4. The third-order valence-electron chi connectivity index (χ3n) is 6.77. The molecule has 3 aromatic rings. The van der Waals surface area contributed by atoms with Crippen molar-refractivity contribution in [3.63, 3.8) is 0 Å². The highest BCUT2D eigenvalue weighted by atomic mass is 19.1. The van der Waals surface area contributed by atoms with Gasteiger partial charge in [-0.25, -0.2) is 28.5 Å². The number of halogens is 1. The number of nitrogens with one attached hydrogen (secondary N) is 1. The summed E-state index contributed by atoms with van der Waals surface area (Å²) in [6.45, 7) is 8.22. The summed E-state index contributed by atoms with van der Waals surface area (Å²) in [4.78, 5) is 35.5. The zero-order chi connectivity index (χ0) is 29.1. The van der Waals surface area contributed by atoms with Gasteiger partial charge in [0.25, 0.3) is 0 Å². The van der Waals surface area contributed by atoms with Crippen LogP contribution in [-0.4, -0.2) is 69.1 Å². The van der Waals surface area contributed by atoms with Crippen molar-refractivity contribution in [1.82, 2.24) is 24.9 Å². The van der Waals surface area contributed by atoms with E-state index in [0.717, 1.165) is 25.5 Å². The van der Waals surface area contributed by atoms with Crippen molar-refractivity contribution in [2.24, 2.45) is 0 Å². The quantitative estimate of drug-likeness (QED) is 0.297. The Labute approximate surface area is 237 Å². The number of hydrogen-bond acceptors (Lipinski definition) is 10. The number of nitrogens with zero attached hydrogens (tertiary/aromatic N) is 5. The SMILES string of the molecule is CCOC(=O)c1cnn2cc3c(nc12)N(Cc1cc(F)cnc1OCCCNC(=O)OC(C)(C)C)[C@@H]1CCC[C@@H]1O3. The van der Waals surface area contributed by atoms with Crippen molar-refractivity contribution >= 4 is 23.5 Å². The van der Waals surface area contributed by atoms with E-state index in [1.807, 2.05) is 0 Å². The van der Waals surface area contributed by atoms with Crippen LogP contribution in [0.25, 0.3) is 5.65 Å². The van der Waals surface area contributed by atoms with E-state index in [1.165, 1.54) is 16.8 Å². The Kier molecular flexibility index (Phi) is 8.13. The second kappa shape index (κ2) is 11.8. The fourth-order valence-electron chi connectivity index (χ4n) is 5.08. The normalized spacial score (nSPS) is 17.9. The highest BCUT2D eigenvalue weighted by molar-refractivity contribution is 5.96. The van der Waals surface area contributed by atoms with E-state index >= 15 is 0 Å². The van der Waals surface area contributed by atoms with Crippen LogP contribution in [0.3, 0.4) is 0 Å². The van der Waals surface area contributed by atoms with Crippen molar-refractivity contribution in [2.75, 3.05) is 24.7 Å². The lowest BCUT2D eigenvalue weighted by atomic mass is 10.1. The van der Waals surface area contributed by atoms with Gasteiger partial charge in [0.1, 0.15) is 23.1 Å². The van der Waals surface area contributed by atoms with Crippen LogP contribution in [0, 0.1) is 5.82 Å². The smallest absolute Gasteiger partial charge is 0.407 e. The Balaban J connectivity index is 1.36. The Morgan fingerprint density at radius 3 is 2.85 bits per heavy atom. The van der Waals surface area contributed by atoms with Gasteiger partial charge in [-0.05, 0) is 59.4 Å². The molecule has 41 heavy (non-hydrogen) atoms. The van der Waals surface area contributed by atoms with Gasteiger partial charge in [0.15, 0.2) is 17.2 Å². The molecule has 1 fully saturated rings. The van der Waals surface area contributed by atoms with Crippen molar-refractivity contribution in [2.45, 2.75) is 77.7 Å². The number of alkyl carbamates (subject to hydrolysis) is 1. The fourth-order valence-corrected chi connectivity index (χ4v) is 5.08. The lowest BCUT2D eigenvalue weighted by Gasteiger charge is -2.39. The largest absolute Gasteiger partial charge is 0.483 e. The number of amides is 1. The highest BCUT2D eigenvalue weighted by Crippen LogP contribution is 2.42. The van der Waals surface area contributed by atoms with Crippen LogP contribution in [0.15, 0.2) is 24.7 Å². The molecule has 13 heteroatoms. The maximum Gasteiger partial charge on any atom is 0.407 e. The lowest BCUT2D eigenvalue weighted by Crippen LogP contribution is -2.47. The molecule has 0 spiro atoms. The van der Waals surface area contributed by atoms with Crippen LogP contribution < -0.4 is 19.7 Å². The number of carbonyl (C=O) groups is 2. The number of esters is 1. The maximum atomic E-state index is 14.4. The number of pyridine rings is 1. The monoisotopic (exact) mass is 570 g/mol. The van der Waals surface area contributed by atoms with Crippen LogP contribution in [0.4, 0.5) is 15.0 Å². The minimum Gasteiger partial charge on any atom is -0.483 e. The molecule has 0 bridgehead atoms. The molecule has 0 saturated heterocycles. The molecule has 1 saturated carbocycles. The Hall–Kier alpha value is -4.16. The summed E-state index contributed by atoms with van der Waals surface area (Å²) >= 11 is 0. The number of anilines is 1. The summed E-state index contributed by atoms with van der Waals surface area (Å²) in [5.41, 5.74) is 0.561. The van der Waals surface area contributed by atoms with Crippen molar-refractivity contribution in [3.8, 4) is 11.6 Å². The summed E-state index contributed by atoms with van der Waals surface area (Å²) in [5, 5.41) is 6.96. The molecular weight excluding hydrogens is 535 g/mol. The molecule has 4 heterocycles. The van der Waals surface area contributed by atoms with E-state index < -0.39 is 23.5 Å². The van der Waals surface area contributed by atoms with Crippen molar-refractivity contribution in [3.05, 3.63) is 41.6 Å². The topological polar surface area (TPSA) is 129 Å². The molecule has 1 aliphatic heterocycles. The van der Waals surface area contributed by atoms with Crippen LogP contribution in [0.1, 0.15) is 69.3 Å². The van der Waals surface area contributed by atoms with E-state index in [4.69, 9.17) is 23.9 Å². The summed E-state index contributed by atoms with van der Waals surface area (Å²) in [5.74, 6) is 0.355. The third kappa shape index (κ3) is 6.44. The van der Waals surface area contributed by atoms with E-state index in [1.54, 1.807) is 33.9 Å². The van der Waals surface area contributed by atoms with Crippen LogP contribution in [0.5, 0.6) is 11.6 Å². The number of fused-ring (bicyclic) bond motifs is 3. The average Bonchev–Trinajstić information content (AvgIpc) is 3.54. The molecule has 12 nitrogen and oxygen atoms in total. The molecule has 3 aromatic heterocycles. The first kappa shape index (κ1) is 28.4. The van der Waals surface area contributed by atoms with Gasteiger partial charge in [-0.15, -0.1) is 0 Å². The Bertz CT molecular complexity index is 1420. The molecule has 0 radical (unpaired) electrons. The van der Waals surface area contributed by atoms with E-state index in [9.17, 15) is 14.0 Å². The maximum absolute atomic E-state index is 14.4. The molecule has 2 atom stereocenters. The van der Waals surface area contributed by atoms with Crippen LogP contribution >= 0.6 is 0 Å². The van der Waals surface area contributed by atoms with E-state index in [0.29, 0.717) is 41.6 Å². The fraction of sp³-hybridized carbons (Fsp3) is 0.536. The average molecular weight is 571 g/mol.